The van der Waals surface area contributed by atoms with Crippen LogP contribution in [-0.2, 0) is 0 Å². The van der Waals surface area contributed by atoms with Crippen molar-refractivity contribution in [3.63, 3.8) is 0 Å². The van der Waals surface area contributed by atoms with Gasteiger partial charge in [-0.2, -0.15) is 0 Å². The monoisotopic (exact) mass is 273 g/mol. The van der Waals surface area contributed by atoms with Gasteiger partial charge in [0.25, 0.3) is 0 Å². The quantitative estimate of drug-likeness (QED) is 0.434. The molecule has 1 nitrogen and oxygen atoms in total. The minimum atomic E-state index is -1.35. The summed E-state index contributed by atoms with van der Waals surface area (Å²) < 4.78 is 15.3. The molecule has 1 aliphatic rings. The van der Waals surface area contributed by atoms with Crippen molar-refractivity contribution in [2.45, 2.75) is 26.6 Å². The lowest BCUT2D eigenvalue weighted by molar-refractivity contribution is -0.418. The second kappa shape index (κ2) is 4.81. The zero-order valence-corrected chi connectivity index (χ0v) is 13.0. The van der Waals surface area contributed by atoms with Gasteiger partial charge in [0.05, 0.1) is 20.6 Å². The van der Waals surface area contributed by atoms with Crippen LogP contribution in [0.5, 0.6) is 0 Å². The van der Waals surface area contributed by atoms with Gasteiger partial charge in [-0.25, -0.2) is 4.39 Å². The van der Waals surface area contributed by atoms with Crippen LogP contribution >= 0.6 is 0 Å². The van der Waals surface area contributed by atoms with Crippen LogP contribution in [0, 0.1) is 18.8 Å². The van der Waals surface area contributed by atoms with Crippen molar-refractivity contribution < 1.29 is 8.97 Å². The van der Waals surface area contributed by atoms with Crippen molar-refractivity contribution >= 4 is 14.8 Å². The molecule has 0 spiro atoms. The van der Waals surface area contributed by atoms with E-state index in [1.54, 1.807) is 12.1 Å². The van der Waals surface area contributed by atoms with Crippen LogP contribution in [0.15, 0.2) is 41.7 Å². The fourth-order valence-corrected chi connectivity index (χ4v) is 3.23. The number of hydrogen-bond donors (Lipinski definition) is 0. The molecule has 0 atom stereocenters. The Kier molecular flexibility index (Phi) is 3.50. The molecule has 19 heavy (non-hydrogen) atoms. The Morgan fingerprint density at radius 2 is 1.95 bits per heavy atom. The molecule has 0 bridgehead atoms. The average molecular weight is 273 g/mol. The van der Waals surface area contributed by atoms with Gasteiger partial charge in [0, 0.05) is 0 Å². The average Bonchev–Trinajstić information content (AvgIpc) is 2.31. The van der Waals surface area contributed by atoms with Crippen molar-refractivity contribution in [1.29, 1.82) is 0 Å². The predicted octanol–water partition coefficient (Wildman–Crippen LogP) is 4.06. The second-order valence-electron chi connectivity index (χ2n) is 5.98. The van der Waals surface area contributed by atoms with E-state index >= 15 is 0 Å². The second-order valence-corrected chi connectivity index (χ2v) is 11.1. The van der Waals surface area contributed by atoms with Crippen LogP contribution in [0.2, 0.25) is 19.6 Å². The van der Waals surface area contributed by atoms with Gasteiger partial charge in [0.2, 0.25) is 0 Å². The summed E-state index contributed by atoms with van der Waals surface area (Å²) in [6, 6.07) is 5.80. The third kappa shape index (κ3) is 2.87. The highest BCUT2D eigenvalue weighted by atomic mass is 28.3. The Bertz CT molecular complexity index is 579. The summed E-state index contributed by atoms with van der Waals surface area (Å²) in [6.07, 6.45) is 6.27. The molecular formula is C16H20FNSi. The topological polar surface area (TPSA) is 3.01 Å². The number of rotatable bonds is 2. The lowest BCUT2D eigenvalue weighted by Gasteiger charge is -2.26. The van der Waals surface area contributed by atoms with Gasteiger partial charge < -0.3 is 0 Å². The minimum Gasteiger partial charge on any atom is -0.255 e. The summed E-state index contributed by atoms with van der Waals surface area (Å²) in [4.78, 5) is 0. The Morgan fingerprint density at radius 1 is 1.26 bits per heavy atom. The molecule has 0 N–H and O–H groups in total. The van der Waals surface area contributed by atoms with Gasteiger partial charge in [0.1, 0.15) is 12.2 Å². The van der Waals surface area contributed by atoms with E-state index in [-0.39, 0.29) is 5.82 Å². The number of hydrogen-bond acceptors (Lipinski definition) is 0. The molecule has 0 aromatic heterocycles. The molecule has 2 rings (SSSR count). The minimum absolute atomic E-state index is 0.213. The first-order valence-electron chi connectivity index (χ1n) is 6.42. The van der Waals surface area contributed by atoms with Gasteiger partial charge in [-0.05, 0) is 17.7 Å². The van der Waals surface area contributed by atoms with Crippen LogP contribution in [0.25, 0.3) is 0 Å². The number of allylic oxidation sites excluding steroid dienone is 2. The Hall–Kier alpha value is -1.61. The lowest BCUT2D eigenvalue weighted by Crippen LogP contribution is -2.27. The summed E-state index contributed by atoms with van der Waals surface area (Å²) >= 11 is 0. The van der Waals surface area contributed by atoms with E-state index in [0.717, 1.165) is 17.2 Å². The third-order valence-corrected chi connectivity index (χ3v) is 5.39. The first kappa shape index (κ1) is 13.8. The molecule has 0 aliphatic carbocycles. The van der Waals surface area contributed by atoms with Crippen LogP contribution in [0.1, 0.15) is 11.1 Å². The first-order valence-corrected chi connectivity index (χ1v) is 9.92. The first-order chi connectivity index (χ1) is 8.79. The van der Waals surface area contributed by atoms with E-state index in [1.165, 1.54) is 11.3 Å². The van der Waals surface area contributed by atoms with E-state index in [1.807, 2.05) is 17.6 Å². The van der Waals surface area contributed by atoms with Crippen molar-refractivity contribution in [2.75, 3.05) is 0 Å². The fourth-order valence-electron chi connectivity index (χ4n) is 2.10. The normalized spacial score (nSPS) is 15.7. The van der Waals surface area contributed by atoms with Crippen LogP contribution in [-0.4, -0.2) is 19.4 Å². The SMILES string of the molecule is C=[N+]1C=C([Si](C)(C)C)C=C[C-]1c1cc(F)ccc1C. The van der Waals surface area contributed by atoms with Gasteiger partial charge in [-0.15, -0.1) is 6.08 Å². The van der Waals surface area contributed by atoms with Gasteiger partial charge in [-0.3, -0.25) is 4.58 Å². The summed E-state index contributed by atoms with van der Waals surface area (Å²) in [5.41, 5.74) is 1.96. The summed E-state index contributed by atoms with van der Waals surface area (Å²) in [5, 5.41) is 1.35. The lowest BCUT2D eigenvalue weighted by atomic mass is 9.99. The van der Waals surface area contributed by atoms with Crippen LogP contribution < -0.4 is 0 Å². The number of aryl methyl sites for hydroxylation is 1. The van der Waals surface area contributed by atoms with Gasteiger partial charge in [-0.1, -0.05) is 49.5 Å². The van der Waals surface area contributed by atoms with E-state index < -0.39 is 8.07 Å². The van der Waals surface area contributed by atoms with Crippen LogP contribution in [0.4, 0.5) is 4.39 Å². The highest BCUT2D eigenvalue weighted by Crippen LogP contribution is 2.28. The maximum Gasteiger partial charge on any atom is 0.147 e. The largest absolute Gasteiger partial charge is 0.255 e. The molecule has 1 aromatic carbocycles. The van der Waals surface area contributed by atoms with E-state index in [2.05, 4.69) is 38.6 Å². The highest BCUT2D eigenvalue weighted by molar-refractivity contribution is 6.83. The molecule has 1 heterocycles. The molecule has 3 heteroatoms. The molecule has 0 fully saturated rings. The highest BCUT2D eigenvalue weighted by Gasteiger charge is 2.24. The molecule has 1 aromatic rings. The van der Waals surface area contributed by atoms with E-state index in [4.69, 9.17) is 0 Å². The maximum atomic E-state index is 13.4. The number of nitrogens with zero attached hydrogens (tertiary/aromatic N) is 1. The summed E-state index contributed by atoms with van der Waals surface area (Å²) in [7, 11) is -1.35. The molecule has 100 valence electrons. The third-order valence-electron chi connectivity index (χ3n) is 3.37. The molecule has 0 amide bonds. The molecule has 0 radical (unpaired) electrons. The van der Waals surface area contributed by atoms with Crippen molar-refractivity contribution in [2.24, 2.45) is 0 Å². The van der Waals surface area contributed by atoms with Crippen molar-refractivity contribution in [3.05, 3.63) is 64.7 Å². The zero-order chi connectivity index (χ0) is 14.2. The molecule has 0 saturated carbocycles. The Balaban J connectivity index is 2.37. The van der Waals surface area contributed by atoms with E-state index in [9.17, 15) is 4.39 Å². The Labute approximate surface area is 115 Å². The zero-order valence-electron chi connectivity index (χ0n) is 12.0. The molecular weight excluding hydrogens is 253 g/mol. The van der Waals surface area contributed by atoms with Gasteiger partial charge >= 0.3 is 0 Å². The summed E-state index contributed by atoms with van der Waals surface area (Å²) in [5.74, 6) is -0.213. The maximum absolute atomic E-state index is 13.4. The summed E-state index contributed by atoms with van der Waals surface area (Å²) in [6.45, 7) is 12.9. The molecule has 1 aliphatic heterocycles. The van der Waals surface area contributed by atoms with Crippen molar-refractivity contribution in [3.8, 4) is 0 Å². The predicted molar refractivity (Wildman–Crippen MR) is 81.4 cm³/mol. The fraction of sp³-hybridized carbons (Fsp3) is 0.250. The van der Waals surface area contributed by atoms with Crippen molar-refractivity contribution in [1.82, 2.24) is 0 Å². The van der Waals surface area contributed by atoms with Crippen LogP contribution in [0.3, 0.4) is 0 Å². The van der Waals surface area contributed by atoms with E-state index in [0.29, 0.717) is 0 Å². The van der Waals surface area contributed by atoms with Gasteiger partial charge in [0.15, 0.2) is 0 Å². The molecule has 0 saturated heterocycles. The number of benzene rings is 1. The standard InChI is InChI=1S/C16H20FNSi/c1-12-6-7-13(17)10-15(12)16-9-8-14(11-18(16)2)19(3,4)5/h6-11H,2H2,1,3-5H3. The smallest absolute Gasteiger partial charge is 0.147 e. The molecule has 0 unspecified atom stereocenters. The Morgan fingerprint density at radius 3 is 2.53 bits per heavy atom. The number of halogens is 1.